The van der Waals surface area contributed by atoms with E-state index in [1.54, 1.807) is 0 Å². The van der Waals surface area contributed by atoms with Crippen molar-refractivity contribution in [2.75, 3.05) is 6.54 Å². The highest BCUT2D eigenvalue weighted by Gasteiger charge is 2.45. The van der Waals surface area contributed by atoms with Crippen LogP contribution >= 0.6 is 0 Å². The first kappa shape index (κ1) is 10.5. The number of nitrogens with one attached hydrogen (secondary N) is 1. The summed E-state index contributed by atoms with van der Waals surface area (Å²) in [7, 11) is 0. The average Bonchev–Trinajstić information content (AvgIpc) is 2.53. The first-order chi connectivity index (χ1) is 5.92. The molecule has 1 aliphatic carbocycles. The molecule has 0 aromatic carbocycles. The van der Waals surface area contributed by atoms with Crippen LogP contribution < -0.4 is 5.32 Å². The minimum absolute atomic E-state index is 0.180. The molecule has 13 heavy (non-hydrogen) atoms. The average molecular weight is 187 g/mol. The zero-order valence-electron chi connectivity index (χ0n) is 8.08. The van der Waals surface area contributed by atoms with Crippen LogP contribution in [0.25, 0.3) is 0 Å². The van der Waals surface area contributed by atoms with Gasteiger partial charge in [0, 0.05) is 12.6 Å². The van der Waals surface area contributed by atoms with Crippen molar-refractivity contribution in [2.24, 2.45) is 5.41 Å². The van der Waals surface area contributed by atoms with Gasteiger partial charge in [-0.05, 0) is 11.8 Å². The van der Waals surface area contributed by atoms with Gasteiger partial charge in [-0.15, -0.1) is 0 Å². The van der Waals surface area contributed by atoms with Gasteiger partial charge in [-0.3, -0.25) is 4.79 Å². The number of aliphatic carboxylic acids is 1. The Kier molecular flexibility index (Phi) is 2.93. The third-order valence-electron chi connectivity index (χ3n) is 2.52. The second-order valence-electron chi connectivity index (χ2n) is 4.41. The summed E-state index contributed by atoms with van der Waals surface area (Å²) in [5.74, 6) is -0.954. The van der Waals surface area contributed by atoms with Gasteiger partial charge in [0.2, 0.25) is 0 Å². The molecule has 2 unspecified atom stereocenters. The van der Waals surface area contributed by atoms with E-state index in [-0.39, 0.29) is 6.42 Å². The summed E-state index contributed by atoms with van der Waals surface area (Å²) in [4.78, 5) is 10.2. The summed E-state index contributed by atoms with van der Waals surface area (Å²) in [6, 6.07) is 0.441. The molecule has 0 amide bonds. The van der Waals surface area contributed by atoms with E-state index >= 15 is 0 Å². The number of carboxylic acid groups (broad SMARTS) is 1. The van der Waals surface area contributed by atoms with E-state index in [0.717, 1.165) is 6.42 Å². The molecule has 3 N–H and O–H groups in total. The summed E-state index contributed by atoms with van der Waals surface area (Å²) in [5.41, 5.74) is 0.322. The lowest BCUT2D eigenvalue weighted by atomic mass is 10.2. The van der Waals surface area contributed by atoms with Gasteiger partial charge >= 0.3 is 5.97 Å². The van der Waals surface area contributed by atoms with Gasteiger partial charge < -0.3 is 15.5 Å². The van der Waals surface area contributed by atoms with E-state index < -0.39 is 12.1 Å². The molecule has 0 heterocycles. The Balaban J connectivity index is 2.10. The van der Waals surface area contributed by atoms with E-state index in [4.69, 9.17) is 5.11 Å². The topological polar surface area (TPSA) is 69.6 Å². The fourth-order valence-corrected chi connectivity index (χ4v) is 1.37. The molecule has 0 spiro atoms. The second kappa shape index (κ2) is 3.64. The van der Waals surface area contributed by atoms with E-state index in [1.165, 1.54) is 0 Å². The summed E-state index contributed by atoms with van der Waals surface area (Å²) in [6.07, 6.45) is 0.154. The Labute approximate surface area is 78.0 Å². The molecule has 76 valence electrons. The number of rotatable bonds is 5. The van der Waals surface area contributed by atoms with Crippen LogP contribution in [0.5, 0.6) is 0 Å². The van der Waals surface area contributed by atoms with Crippen molar-refractivity contribution in [3.63, 3.8) is 0 Å². The van der Waals surface area contributed by atoms with Gasteiger partial charge in [-0.2, -0.15) is 0 Å². The van der Waals surface area contributed by atoms with Crippen molar-refractivity contribution in [3.8, 4) is 0 Å². The van der Waals surface area contributed by atoms with Crippen LogP contribution in [0.2, 0.25) is 0 Å². The molecule has 1 aliphatic rings. The quantitative estimate of drug-likeness (QED) is 0.575. The van der Waals surface area contributed by atoms with Crippen LogP contribution in [0.4, 0.5) is 0 Å². The lowest BCUT2D eigenvalue weighted by molar-refractivity contribution is -0.139. The zero-order chi connectivity index (χ0) is 10.1. The lowest BCUT2D eigenvalue weighted by Gasteiger charge is -2.10. The zero-order valence-corrected chi connectivity index (χ0v) is 8.08. The van der Waals surface area contributed by atoms with Gasteiger partial charge in [0.05, 0.1) is 12.5 Å². The number of hydrogen-bond acceptors (Lipinski definition) is 3. The fraction of sp³-hybridized carbons (Fsp3) is 0.889. The Morgan fingerprint density at radius 3 is 2.62 bits per heavy atom. The lowest BCUT2D eigenvalue weighted by Crippen LogP contribution is -2.31. The summed E-state index contributed by atoms with van der Waals surface area (Å²) in [5, 5.41) is 20.7. The number of aliphatic hydroxyl groups excluding tert-OH is 1. The second-order valence-corrected chi connectivity index (χ2v) is 4.41. The van der Waals surface area contributed by atoms with Crippen LogP contribution in [0, 0.1) is 5.41 Å². The predicted octanol–water partition coefficient (Wildman–Crippen LogP) is 0.210. The van der Waals surface area contributed by atoms with Crippen molar-refractivity contribution < 1.29 is 15.0 Å². The number of carbonyl (C=O) groups is 1. The molecule has 0 aromatic rings. The van der Waals surface area contributed by atoms with E-state index in [1.807, 2.05) is 0 Å². The summed E-state index contributed by atoms with van der Waals surface area (Å²) in [6.45, 7) is 4.67. The maximum absolute atomic E-state index is 10.2. The van der Waals surface area contributed by atoms with Crippen molar-refractivity contribution >= 4 is 5.97 Å². The number of hydrogen-bond donors (Lipinski definition) is 3. The Morgan fingerprint density at radius 1 is 1.69 bits per heavy atom. The van der Waals surface area contributed by atoms with Crippen LogP contribution in [-0.4, -0.2) is 34.9 Å². The Bertz CT molecular complexity index is 203. The highest BCUT2D eigenvalue weighted by atomic mass is 16.4. The number of aliphatic hydroxyl groups is 1. The Hall–Kier alpha value is -0.610. The molecule has 0 bridgehead atoms. The van der Waals surface area contributed by atoms with Crippen molar-refractivity contribution in [3.05, 3.63) is 0 Å². The van der Waals surface area contributed by atoms with Crippen LogP contribution in [0.3, 0.4) is 0 Å². The standard InChI is InChI=1S/C9H17NO3/c1-9(2)4-7(9)10-5-6(11)3-8(12)13/h6-7,10-11H,3-5H2,1-2H3,(H,12,13). The van der Waals surface area contributed by atoms with Gasteiger partial charge in [-0.25, -0.2) is 0 Å². The van der Waals surface area contributed by atoms with E-state index in [2.05, 4.69) is 19.2 Å². The molecule has 0 aromatic heterocycles. The van der Waals surface area contributed by atoms with Crippen molar-refractivity contribution in [2.45, 2.75) is 38.8 Å². The molecule has 1 rings (SSSR count). The predicted molar refractivity (Wildman–Crippen MR) is 48.4 cm³/mol. The molecular formula is C9H17NO3. The molecule has 1 saturated carbocycles. The van der Waals surface area contributed by atoms with Crippen LogP contribution in [0.1, 0.15) is 26.7 Å². The summed E-state index contributed by atoms with van der Waals surface area (Å²) >= 11 is 0. The maximum Gasteiger partial charge on any atom is 0.306 e. The first-order valence-electron chi connectivity index (χ1n) is 4.55. The molecule has 0 radical (unpaired) electrons. The van der Waals surface area contributed by atoms with Gasteiger partial charge in [0.15, 0.2) is 0 Å². The fourth-order valence-electron chi connectivity index (χ4n) is 1.37. The van der Waals surface area contributed by atoms with Gasteiger partial charge in [-0.1, -0.05) is 13.8 Å². The third-order valence-corrected chi connectivity index (χ3v) is 2.52. The molecule has 2 atom stereocenters. The van der Waals surface area contributed by atoms with Crippen molar-refractivity contribution in [1.29, 1.82) is 0 Å². The molecule has 0 saturated heterocycles. The maximum atomic E-state index is 10.2. The number of carboxylic acids is 1. The van der Waals surface area contributed by atoms with Gasteiger partial charge in [0.1, 0.15) is 0 Å². The minimum Gasteiger partial charge on any atom is -0.481 e. The smallest absolute Gasteiger partial charge is 0.306 e. The van der Waals surface area contributed by atoms with Gasteiger partial charge in [0.25, 0.3) is 0 Å². The molecule has 1 fully saturated rings. The summed E-state index contributed by atoms with van der Waals surface area (Å²) < 4.78 is 0. The molecule has 0 aliphatic heterocycles. The van der Waals surface area contributed by atoms with Crippen molar-refractivity contribution in [1.82, 2.24) is 5.32 Å². The first-order valence-corrected chi connectivity index (χ1v) is 4.55. The Morgan fingerprint density at radius 2 is 2.23 bits per heavy atom. The highest BCUT2D eigenvalue weighted by Crippen LogP contribution is 2.44. The van der Waals surface area contributed by atoms with Crippen LogP contribution in [0.15, 0.2) is 0 Å². The monoisotopic (exact) mass is 187 g/mol. The minimum atomic E-state index is -0.954. The molecule has 4 nitrogen and oxygen atoms in total. The largest absolute Gasteiger partial charge is 0.481 e. The van der Waals surface area contributed by atoms with E-state index in [9.17, 15) is 9.90 Å². The molecule has 4 heteroatoms. The van der Waals surface area contributed by atoms with Crippen LogP contribution in [-0.2, 0) is 4.79 Å². The highest BCUT2D eigenvalue weighted by molar-refractivity contribution is 5.67. The van der Waals surface area contributed by atoms with E-state index in [0.29, 0.717) is 18.0 Å². The SMILES string of the molecule is CC1(C)CC1NCC(O)CC(=O)O. The normalized spacial score (nSPS) is 26.8. The third kappa shape index (κ3) is 3.32. The molecular weight excluding hydrogens is 170 g/mol.